The first-order valence-electron chi connectivity index (χ1n) is 6.91. The highest BCUT2D eigenvalue weighted by atomic mass is 19.1. The normalized spacial score (nSPS) is 23.1. The van der Waals surface area contributed by atoms with Crippen molar-refractivity contribution in [3.05, 3.63) is 35.6 Å². The fourth-order valence-electron chi connectivity index (χ4n) is 2.54. The van der Waals surface area contributed by atoms with Gasteiger partial charge in [-0.05, 0) is 44.4 Å². The topological polar surface area (TPSA) is 41.1 Å². The van der Waals surface area contributed by atoms with E-state index in [1.807, 2.05) is 6.07 Å². The Kier molecular flexibility index (Phi) is 4.91. The molecule has 1 saturated heterocycles. The molecule has 104 valence electrons. The van der Waals surface area contributed by atoms with E-state index in [1.54, 1.807) is 12.1 Å². The minimum Gasteiger partial charge on any atom is -0.356 e. The van der Waals surface area contributed by atoms with Crippen LogP contribution in [0.4, 0.5) is 4.39 Å². The Hall–Kier alpha value is -1.42. The van der Waals surface area contributed by atoms with E-state index < -0.39 is 0 Å². The van der Waals surface area contributed by atoms with Gasteiger partial charge >= 0.3 is 0 Å². The third-order valence-electron chi connectivity index (χ3n) is 3.65. The van der Waals surface area contributed by atoms with Crippen LogP contribution >= 0.6 is 0 Å². The van der Waals surface area contributed by atoms with Crippen LogP contribution in [0.2, 0.25) is 0 Å². The van der Waals surface area contributed by atoms with E-state index >= 15 is 0 Å². The van der Waals surface area contributed by atoms with Crippen molar-refractivity contribution < 1.29 is 9.18 Å². The summed E-state index contributed by atoms with van der Waals surface area (Å²) in [5.41, 5.74) is 0.654. The highest BCUT2D eigenvalue weighted by Crippen LogP contribution is 2.16. The minimum absolute atomic E-state index is 0.0943. The average Bonchev–Trinajstić information content (AvgIpc) is 2.41. The molecule has 2 N–H and O–H groups in total. The number of hydrogen-bond donors (Lipinski definition) is 2. The molecule has 0 radical (unpaired) electrons. The van der Waals surface area contributed by atoms with Crippen molar-refractivity contribution in [2.24, 2.45) is 5.92 Å². The van der Waals surface area contributed by atoms with Crippen LogP contribution in [0.3, 0.4) is 0 Å². The van der Waals surface area contributed by atoms with Gasteiger partial charge in [-0.1, -0.05) is 18.2 Å². The molecule has 1 aliphatic rings. The first-order valence-corrected chi connectivity index (χ1v) is 6.91. The second kappa shape index (κ2) is 6.66. The molecule has 1 fully saturated rings. The zero-order valence-corrected chi connectivity index (χ0v) is 11.3. The summed E-state index contributed by atoms with van der Waals surface area (Å²) < 4.78 is 13.4. The number of piperidine rings is 1. The first-order chi connectivity index (χ1) is 9.16. The molecule has 1 amide bonds. The fraction of sp³-hybridized carbons (Fsp3) is 0.533. The van der Waals surface area contributed by atoms with Gasteiger partial charge in [0.15, 0.2) is 0 Å². The molecule has 2 atom stereocenters. The van der Waals surface area contributed by atoms with Crippen LogP contribution in [0.5, 0.6) is 0 Å². The number of halogens is 1. The summed E-state index contributed by atoms with van der Waals surface area (Å²) >= 11 is 0. The van der Waals surface area contributed by atoms with Crippen molar-refractivity contribution in [1.82, 2.24) is 10.6 Å². The average molecular weight is 264 g/mol. The molecule has 3 nitrogen and oxygen atoms in total. The molecule has 2 rings (SSSR count). The highest BCUT2D eigenvalue weighted by molar-refractivity contribution is 5.78. The molecule has 1 heterocycles. The van der Waals surface area contributed by atoms with Crippen molar-refractivity contribution in [3.63, 3.8) is 0 Å². The minimum atomic E-state index is -0.202. The molecular weight excluding hydrogens is 243 g/mol. The van der Waals surface area contributed by atoms with Crippen LogP contribution in [0.25, 0.3) is 0 Å². The molecule has 1 aliphatic heterocycles. The number of carbonyl (C=O) groups excluding carboxylic acids is 1. The summed E-state index contributed by atoms with van der Waals surface area (Å²) in [5, 5.41) is 6.24. The molecule has 0 bridgehead atoms. The third-order valence-corrected chi connectivity index (χ3v) is 3.65. The summed E-state index contributed by atoms with van der Waals surface area (Å²) in [7, 11) is 0. The number of hydrogen-bond acceptors (Lipinski definition) is 2. The molecule has 0 aliphatic carbocycles. The molecule has 0 saturated carbocycles. The predicted molar refractivity (Wildman–Crippen MR) is 73.3 cm³/mol. The van der Waals surface area contributed by atoms with Crippen LogP contribution in [0.15, 0.2) is 24.3 Å². The van der Waals surface area contributed by atoms with E-state index in [4.69, 9.17) is 0 Å². The monoisotopic (exact) mass is 264 g/mol. The van der Waals surface area contributed by atoms with Gasteiger partial charge in [-0.25, -0.2) is 4.39 Å². The van der Waals surface area contributed by atoms with Crippen molar-refractivity contribution in [2.45, 2.75) is 32.2 Å². The fourth-order valence-corrected chi connectivity index (χ4v) is 2.54. The van der Waals surface area contributed by atoms with Crippen molar-refractivity contribution >= 4 is 5.91 Å². The summed E-state index contributed by atoms with van der Waals surface area (Å²) in [5.74, 6) is -0.00574. The molecular formula is C15H21FN2O. The Bertz CT molecular complexity index is 436. The van der Waals surface area contributed by atoms with Gasteiger partial charge in [0.2, 0.25) is 5.91 Å². The molecule has 0 spiro atoms. The SMILES string of the molecule is C[C@H]1C[C@@H](C(=O)NCCc2ccccc2F)CCN1. The third kappa shape index (κ3) is 4.03. The largest absolute Gasteiger partial charge is 0.356 e. The first kappa shape index (κ1) is 14.0. The lowest BCUT2D eigenvalue weighted by Gasteiger charge is -2.27. The van der Waals surface area contributed by atoms with Gasteiger partial charge in [0.25, 0.3) is 0 Å². The van der Waals surface area contributed by atoms with E-state index in [2.05, 4.69) is 17.6 Å². The standard InChI is InChI=1S/C15H21FN2O/c1-11-10-13(7-8-17-11)15(19)18-9-6-12-4-2-3-5-14(12)16/h2-5,11,13,17H,6-10H2,1H3,(H,18,19)/t11-,13-/m0/s1. The van der Waals surface area contributed by atoms with Gasteiger partial charge < -0.3 is 10.6 Å². The van der Waals surface area contributed by atoms with Crippen LogP contribution < -0.4 is 10.6 Å². The molecule has 0 unspecified atom stereocenters. The molecule has 0 aromatic heterocycles. The van der Waals surface area contributed by atoms with E-state index in [1.165, 1.54) is 6.07 Å². The van der Waals surface area contributed by atoms with Crippen LogP contribution in [-0.4, -0.2) is 25.0 Å². The van der Waals surface area contributed by atoms with Gasteiger partial charge in [-0.3, -0.25) is 4.79 Å². The summed E-state index contributed by atoms with van der Waals surface area (Å²) in [6.07, 6.45) is 2.31. The maximum absolute atomic E-state index is 13.4. The van der Waals surface area contributed by atoms with Crippen molar-refractivity contribution in [3.8, 4) is 0 Å². The molecule has 1 aromatic rings. The second-order valence-corrected chi connectivity index (χ2v) is 5.21. The number of rotatable bonds is 4. The maximum Gasteiger partial charge on any atom is 0.223 e. The Balaban J connectivity index is 1.76. The number of carbonyl (C=O) groups is 1. The van der Waals surface area contributed by atoms with E-state index in [-0.39, 0.29) is 17.6 Å². The number of benzene rings is 1. The number of amides is 1. The Labute approximate surface area is 113 Å². The van der Waals surface area contributed by atoms with Gasteiger partial charge in [0.05, 0.1) is 0 Å². The molecule has 4 heteroatoms. The van der Waals surface area contributed by atoms with Gasteiger partial charge in [0.1, 0.15) is 5.82 Å². The zero-order valence-electron chi connectivity index (χ0n) is 11.3. The lowest BCUT2D eigenvalue weighted by atomic mass is 9.92. The van der Waals surface area contributed by atoms with Crippen LogP contribution in [-0.2, 0) is 11.2 Å². The smallest absolute Gasteiger partial charge is 0.223 e. The highest BCUT2D eigenvalue weighted by Gasteiger charge is 2.24. The van der Waals surface area contributed by atoms with Gasteiger partial charge in [0, 0.05) is 18.5 Å². The van der Waals surface area contributed by atoms with Gasteiger partial charge in [-0.2, -0.15) is 0 Å². The van der Waals surface area contributed by atoms with E-state index in [0.29, 0.717) is 24.6 Å². The lowest BCUT2D eigenvalue weighted by molar-refractivity contribution is -0.126. The Morgan fingerprint density at radius 2 is 2.26 bits per heavy atom. The van der Waals surface area contributed by atoms with Crippen molar-refractivity contribution in [2.75, 3.05) is 13.1 Å². The Morgan fingerprint density at radius 1 is 1.47 bits per heavy atom. The molecule has 19 heavy (non-hydrogen) atoms. The summed E-state index contributed by atoms with van der Waals surface area (Å²) in [6, 6.07) is 7.10. The summed E-state index contributed by atoms with van der Waals surface area (Å²) in [4.78, 5) is 12.0. The predicted octanol–water partition coefficient (Wildman–Crippen LogP) is 1.87. The van der Waals surface area contributed by atoms with Crippen LogP contribution in [0.1, 0.15) is 25.3 Å². The second-order valence-electron chi connectivity index (χ2n) is 5.21. The molecule has 1 aromatic carbocycles. The quantitative estimate of drug-likeness (QED) is 0.871. The lowest BCUT2D eigenvalue weighted by Crippen LogP contribution is -2.42. The zero-order chi connectivity index (χ0) is 13.7. The van der Waals surface area contributed by atoms with E-state index in [9.17, 15) is 9.18 Å². The summed E-state index contributed by atoms with van der Waals surface area (Å²) in [6.45, 7) is 3.49. The van der Waals surface area contributed by atoms with Crippen molar-refractivity contribution in [1.29, 1.82) is 0 Å². The van der Waals surface area contributed by atoms with Gasteiger partial charge in [-0.15, -0.1) is 0 Å². The van der Waals surface area contributed by atoms with Crippen LogP contribution in [0, 0.1) is 11.7 Å². The number of nitrogens with one attached hydrogen (secondary N) is 2. The van der Waals surface area contributed by atoms with E-state index in [0.717, 1.165) is 19.4 Å². The Morgan fingerprint density at radius 3 is 3.00 bits per heavy atom. The maximum atomic E-state index is 13.4.